The number of aliphatic carboxylic acids is 1. The van der Waals surface area contributed by atoms with Gasteiger partial charge in [0.15, 0.2) is 11.5 Å². The van der Waals surface area contributed by atoms with Gasteiger partial charge in [0.1, 0.15) is 6.04 Å². The molecule has 2 saturated heterocycles. The molecule has 3 N–H and O–H groups in total. The van der Waals surface area contributed by atoms with Gasteiger partial charge in [0, 0.05) is 18.9 Å². The summed E-state index contributed by atoms with van der Waals surface area (Å²) in [6.45, 7) is 7.53. The lowest BCUT2D eigenvalue weighted by Crippen LogP contribution is -2.47. The second kappa shape index (κ2) is 28.5. The summed E-state index contributed by atoms with van der Waals surface area (Å²) in [6, 6.07) is 8.45. The summed E-state index contributed by atoms with van der Waals surface area (Å²) in [5.41, 5.74) is 1.96. The number of hydrogen-bond acceptors (Lipinski definition) is 8. The Balaban J connectivity index is 0.00000486. The summed E-state index contributed by atoms with van der Waals surface area (Å²) in [5.74, 6) is 1.50. The molecular weight excluding hydrogens is 771 g/mol. The Labute approximate surface area is 344 Å². The third-order valence-electron chi connectivity index (χ3n) is 10.5. The molecule has 2 fully saturated rings. The number of pyridine rings is 1. The predicted molar refractivity (Wildman–Crippen MR) is 226 cm³/mol. The van der Waals surface area contributed by atoms with Crippen LogP contribution in [0.1, 0.15) is 108 Å². The molecule has 1 aromatic carbocycles. The number of rotatable bonds is 25. The van der Waals surface area contributed by atoms with Crippen LogP contribution in [0.3, 0.4) is 0 Å². The molecule has 0 spiro atoms. The summed E-state index contributed by atoms with van der Waals surface area (Å²) in [4.78, 5) is 16.9. The number of sulfonamides is 1. The van der Waals surface area contributed by atoms with Crippen molar-refractivity contribution >= 4 is 53.2 Å². The first kappa shape index (κ1) is 50.2. The topological polar surface area (TPSA) is 130 Å². The number of aryl methyl sites for hydroxylation is 1. The highest BCUT2D eigenvalue weighted by Crippen LogP contribution is 2.31. The maximum absolute atomic E-state index is 13.6. The Hall–Kier alpha value is -1.86. The minimum absolute atomic E-state index is 0. The Bertz CT molecular complexity index is 1380. The van der Waals surface area contributed by atoms with Crippen LogP contribution in [0.2, 0.25) is 0 Å². The van der Waals surface area contributed by atoms with E-state index in [9.17, 15) is 18.3 Å². The predicted octanol–water partition coefficient (Wildman–Crippen LogP) is 7.89. The number of halogens is 3. The number of carboxylic acids is 1. The number of carboxylic acid groups (broad SMARTS) is 1. The van der Waals surface area contributed by atoms with Crippen molar-refractivity contribution < 1.29 is 27.8 Å². The van der Waals surface area contributed by atoms with E-state index >= 15 is 0 Å². The van der Waals surface area contributed by atoms with Crippen molar-refractivity contribution in [1.29, 1.82) is 0 Å². The zero-order valence-electron chi connectivity index (χ0n) is 32.3. The van der Waals surface area contributed by atoms with Crippen LogP contribution < -0.4 is 20.1 Å². The van der Waals surface area contributed by atoms with E-state index in [0.29, 0.717) is 43.5 Å². The van der Waals surface area contributed by atoms with Crippen molar-refractivity contribution in [3.8, 4) is 11.5 Å². The fourth-order valence-corrected chi connectivity index (χ4v) is 9.15. The van der Waals surface area contributed by atoms with Gasteiger partial charge in [-0.3, -0.25) is 9.78 Å². The van der Waals surface area contributed by atoms with Gasteiger partial charge < -0.3 is 25.2 Å². The zero-order chi connectivity index (χ0) is 36.2. The average molecular weight is 838 g/mol. The minimum atomic E-state index is -3.76. The molecule has 0 saturated carbocycles. The molecule has 2 aliphatic rings. The number of piperidine rings is 2. The van der Waals surface area contributed by atoms with Gasteiger partial charge in [0.05, 0.1) is 19.0 Å². The van der Waals surface area contributed by atoms with Gasteiger partial charge in [-0.05, 0) is 150 Å². The Morgan fingerprint density at radius 3 is 1.96 bits per heavy atom. The largest absolute Gasteiger partial charge is 0.490 e. The highest BCUT2D eigenvalue weighted by atomic mass is 35.5. The quantitative estimate of drug-likeness (QED) is 0.0856. The number of nitrogens with one attached hydrogen (secondary N) is 2. The summed E-state index contributed by atoms with van der Waals surface area (Å²) >= 11 is 0. The van der Waals surface area contributed by atoms with Crippen molar-refractivity contribution in [2.75, 3.05) is 51.7 Å². The van der Waals surface area contributed by atoms with Crippen molar-refractivity contribution in [2.45, 2.75) is 116 Å². The van der Waals surface area contributed by atoms with Crippen LogP contribution in [0.4, 0.5) is 0 Å². The standard InChI is InChI=1S/C40H64N4O6S.3ClH/c1-2-3-30-51(47,48)44(27-7-4-10-33-15-21-41-22-16-33)37(40(45)46)31-36-13-14-38(49-28-8-5-11-34-17-23-42-24-18-34)39(32-36)50-29-9-6-12-35-19-25-43-26-20-35;;;/h13-14,19-20,25-26,32-34,37,41-42H,2-12,15-18,21-24,27-31H2,1H3,(H,45,46);3*1H. The number of benzene rings is 1. The fourth-order valence-electron chi connectivity index (χ4n) is 7.30. The number of ether oxygens (including phenoxy) is 2. The third-order valence-corrected chi connectivity index (χ3v) is 12.4. The lowest BCUT2D eigenvalue weighted by atomic mass is 9.92. The number of unbranched alkanes of at least 4 members (excludes halogenated alkanes) is 4. The van der Waals surface area contributed by atoms with E-state index in [1.54, 1.807) is 0 Å². The van der Waals surface area contributed by atoms with Gasteiger partial charge in [0.2, 0.25) is 10.0 Å². The zero-order valence-corrected chi connectivity index (χ0v) is 35.5. The Morgan fingerprint density at radius 2 is 1.37 bits per heavy atom. The first-order valence-corrected chi connectivity index (χ1v) is 21.4. The molecule has 1 unspecified atom stereocenters. The Morgan fingerprint density at radius 1 is 0.796 bits per heavy atom. The van der Waals surface area contributed by atoms with E-state index in [0.717, 1.165) is 102 Å². The highest BCUT2D eigenvalue weighted by molar-refractivity contribution is 7.89. The third kappa shape index (κ3) is 18.4. The molecule has 310 valence electrons. The van der Waals surface area contributed by atoms with E-state index in [4.69, 9.17) is 9.47 Å². The lowest BCUT2D eigenvalue weighted by Gasteiger charge is -2.29. The summed E-state index contributed by atoms with van der Waals surface area (Å²) in [7, 11) is -3.76. The smallest absolute Gasteiger partial charge is 0.322 e. The summed E-state index contributed by atoms with van der Waals surface area (Å²) in [6.07, 6.45) is 18.3. The maximum atomic E-state index is 13.6. The number of hydrogen-bond donors (Lipinski definition) is 3. The molecule has 0 bridgehead atoms. The monoisotopic (exact) mass is 836 g/mol. The summed E-state index contributed by atoms with van der Waals surface area (Å²) < 4.78 is 41.1. The average Bonchev–Trinajstić information content (AvgIpc) is 3.14. The van der Waals surface area contributed by atoms with Gasteiger partial charge in [-0.25, -0.2) is 8.42 Å². The number of nitrogens with zero attached hydrogens (tertiary/aromatic N) is 2. The maximum Gasteiger partial charge on any atom is 0.322 e. The molecule has 54 heavy (non-hydrogen) atoms. The van der Waals surface area contributed by atoms with Crippen LogP contribution in [0.5, 0.6) is 11.5 Å². The number of carbonyl (C=O) groups is 1. The van der Waals surface area contributed by atoms with E-state index < -0.39 is 22.0 Å². The SMILES string of the molecule is CCCCS(=O)(=O)N(CCCCC1CCNCC1)C(Cc1ccc(OCCCCC2CCNCC2)c(OCCCCc2ccncc2)c1)C(=O)O.Cl.Cl.Cl. The van der Waals surface area contributed by atoms with Crippen LogP contribution in [0.15, 0.2) is 42.7 Å². The van der Waals surface area contributed by atoms with Gasteiger partial charge >= 0.3 is 5.97 Å². The van der Waals surface area contributed by atoms with Gasteiger partial charge in [0.25, 0.3) is 0 Å². The fraction of sp³-hybridized carbons (Fsp3) is 0.700. The second-order valence-corrected chi connectivity index (χ2v) is 16.5. The van der Waals surface area contributed by atoms with Gasteiger partial charge in [-0.2, -0.15) is 4.31 Å². The molecule has 1 atom stereocenters. The molecule has 0 aliphatic carbocycles. The van der Waals surface area contributed by atoms with Crippen molar-refractivity contribution in [2.24, 2.45) is 11.8 Å². The van der Waals surface area contributed by atoms with E-state index in [-0.39, 0.29) is 55.9 Å². The molecule has 3 heterocycles. The molecule has 14 heteroatoms. The highest BCUT2D eigenvalue weighted by Gasteiger charge is 2.34. The van der Waals surface area contributed by atoms with Crippen LogP contribution in [0.25, 0.3) is 0 Å². The van der Waals surface area contributed by atoms with Crippen LogP contribution in [0, 0.1) is 11.8 Å². The van der Waals surface area contributed by atoms with E-state index in [1.807, 2.05) is 49.6 Å². The first-order valence-electron chi connectivity index (χ1n) is 19.8. The van der Waals surface area contributed by atoms with Gasteiger partial charge in [-0.15, -0.1) is 37.2 Å². The molecule has 0 radical (unpaired) electrons. The molecule has 10 nitrogen and oxygen atoms in total. The molecule has 1 aromatic heterocycles. The Kier molecular flexibility index (Phi) is 26.5. The summed E-state index contributed by atoms with van der Waals surface area (Å²) in [5, 5.41) is 17.3. The van der Waals surface area contributed by atoms with E-state index in [1.165, 1.54) is 29.1 Å². The van der Waals surface area contributed by atoms with Crippen LogP contribution in [-0.4, -0.2) is 86.5 Å². The van der Waals surface area contributed by atoms with E-state index in [2.05, 4.69) is 15.6 Å². The first-order chi connectivity index (χ1) is 24.9. The van der Waals surface area contributed by atoms with Crippen molar-refractivity contribution in [1.82, 2.24) is 19.9 Å². The molecule has 2 aliphatic heterocycles. The normalized spacial score (nSPS) is 15.7. The van der Waals surface area contributed by atoms with Crippen molar-refractivity contribution in [3.05, 3.63) is 53.9 Å². The minimum Gasteiger partial charge on any atom is -0.490 e. The molecular formula is C40H67Cl3N4O6S. The number of aromatic nitrogens is 1. The lowest BCUT2D eigenvalue weighted by molar-refractivity contribution is -0.141. The molecule has 4 rings (SSSR count). The van der Waals surface area contributed by atoms with Crippen LogP contribution in [-0.2, 0) is 27.7 Å². The van der Waals surface area contributed by atoms with Gasteiger partial charge in [-0.1, -0.05) is 38.7 Å². The van der Waals surface area contributed by atoms with Crippen LogP contribution >= 0.6 is 37.2 Å². The second-order valence-electron chi connectivity index (χ2n) is 14.5. The van der Waals surface area contributed by atoms with Crippen molar-refractivity contribution in [3.63, 3.8) is 0 Å². The molecule has 0 amide bonds. The molecule has 2 aromatic rings.